The summed E-state index contributed by atoms with van der Waals surface area (Å²) in [5.41, 5.74) is 1.24. The van der Waals surface area contributed by atoms with Crippen molar-refractivity contribution < 1.29 is 19.7 Å². The zero-order valence-electron chi connectivity index (χ0n) is 15.5. The van der Waals surface area contributed by atoms with Crippen molar-refractivity contribution in [2.75, 3.05) is 14.2 Å². The van der Waals surface area contributed by atoms with E-state index < -0.39 is 0 Å². The maximum absolute atomic E-state index is 10.2. The number of aliphatic imine (C=N–C) groups is 2. The normalized spacial score (nSPS) is 19.8. The van der Waals surface area contributed by atoms with Gasteiger partial charge in [-0.2, -0.15) is 0 Å². The van der Waals surface area contributed by atoms with E-state index in [4.69, 9.17) is 9.47 Å². The molecule has 0 aromatic heterocycles. The summed E-state index contributed by atoms with van der Waals surface area (Å²) in [4.78, 5) is 9.28. The zero-order valence-corrected chi connectivity index (χ0v) is 15.5. The number of phenols is 2. The van der Waals surface area contributed by atoms with Crippen LogP contribution in [0.4, 0.5) is 0 Å². The fraction of sp³-hybridized carbons (Fsp3) is 0.333. The maximum atomic E-state index is 10.2. The molecule has 2 aromatic carbocycles. The Morgan fingerprint density at radius 3 is 1.67 bits per heavy atom. The summed E-state index contributed by atoms with van der Waals surface area (Å²) in [5.74, 6) is 1.02. The molecule has 1 saturated carbocycles. The van der Waals surface area contributed by atoms with Crippen molar-refractivity contribution in [3.8, 4) is 23.0 Å². The molecule has 1 aliphatic carbocycles. The number of methoxy groups -OCH3 is 2. The van der Waals surface area contributed by atoms with E-state index >= 15 is 0 Å². The second kappa shape index (κ2) is 8.58. The first kappa shape index (κ1) is 18.8. The first-order valence-electron chi connectivity index (χ1n) is 8.92. The van der Waals surface area contributed by atoms with Crippen molar-refractivity contribution in [3.63, 3.8) is 0 Å². The lowest BCUT2D eigenvalue weighted by Crippen LogP contribution is -2.16. The lowest BCUT2D eigenvalue weighted by molar-refractivity contribution is 0.373. The quantitative estimate of drug-likeness (QED) is 0.764. The van der Waals surface area contributed by atoms with Crippen LogP contribution in [-0.2, 0) is 0 Å². The summed E-state index contributed by atoms with van der Waals surface area (Å²) in [6.45, 7) is 0. The minimum atomic E-state index is 0.0413. The Balaban J connectivity index is 1.74. The summed E-state index contributed by atoms with van der Waals surface area (Å²) >= 11 is 0. The standard InChI is InChI=1S/C21H24N2O4/c1-26-18-10-3-6-14(20(18)24)12-22-16-8-5-9-17(16)23-13-15-7-4-11-19(27-2)21(15)25/h3-4,6-7,10-13,16-17,24-25H,5,8-9H2,1-2H3/t16-,17+. The molecule has 0 heterocycles. The van der Waals surface area contributed by atoms with Gasteiger partial charge >= 0.3 is 0 Å². The van der Waals surface area contributed by atoms with Gasteiger partial charge in [-0.1, -0.05) is 12.1 Å². The van der Waals surface area contributed by atoms with Crippen LogP contribution in [0.1, 0.15) is 30.4 Å². The summed E-state index contributed by atoms with van der Waals surface area (Å²) in [6, 6.07) is 10.7. The van der Waals surface area contributed by atoms with Crippen molar-refractivity contribution in [1.29, 1.82) is 0 Å². The van der Waals surface area contributed by atoms with Crippen LogP contribution < -0.4 is 9.47 Å². The minimum Gasteiger partial charge on any atom is -0.504 e. The van der Waals surface area contributed by atoms with Gasteiger partial charge in [-0.05, 0) is 43.5 Å². The third-order valence-electron chi connectivity index (χ3n) is 4.75. The van der Waals surface area contributed by atoms with Crippen LogP contribution in [-0.4, -0.2) is 48.9 Å². The van der Waals surface area contributed by atoms with E-state index in [1.807, 2.05) is 12.1 Å². The van der Waals surface area contributed by atoms with Crippen LogP contribution >= 0.6 is 0 Å². The molecule has 6 heteroatoms. The van der Waals surface area contributed by atoms with Gasteiger partial charge in [0.2, 0.25) is 0 Å². The molecule has 2 aromatic rings. The van der Waals surface area contributed by atoms with Crippen molar-refractivity contribution >= 4 is 12.4 Å². The van der Waals surface area contributed by atoms with Crippen LogP contribution in [0, 0.1) is 0 Å². The van der Waals surface area contributed by atoms with Gasteiger partial charge in [-0.25, -0.2) is 0 Å². The molecular formula is C21H24N2O4. The highest BCUT2D eigenvalue weighted by atomic mass is 16.5. The number of benzene rings is 2. The molecule has 0 radical (unpaired) electrons. The van der Waals surface area contributed by atoms with E-state index in [9.17, 15) is 10.2 Å². The van der Waals surface area contributed by atoms with E-state index in [0.29, 0.717) is 22.6 Å². The van der Waals surface area contributed by atoms with Crippen LogP contribution in [0.2, 0.25) is 0 Å². The lowest BCUT2D eigenvalue weighted by Gasteiger charge is -2.12. The number of hydrogen-bond donors (Lipinski definition) is 2. The summed E-state index contributed by atoms with van der Waals surface area (Å²) < 4.78 is 10.3. The van der Waals surface area contributed by atoms with E-state index in [2.05, 4.69) is 9.98 Å². The third-order valence-corrected chi connectivity index (χ3v) is 4.75. The molecule has 27 heavy (non-hydrogen) atoms. The Bertz CT molecular complexity index is 779. The number of para-hydroxylation sites is 2. The Hall–Kier alpha value is -3.02. The van der Waals surface area contributed by atoms with Gasteiger partial charge < -0.3 is 19.7 Å². The van der Waals surface area contributed by atoms with Crippen molar-refractivity contribution in [1.82, 2.24) is 0 Å². The van der Waals surface area contributed by atoms with Gasteiger partial charge in [0, 0.05) is 23.6 Å². The molecule has 0 spiro atoms. The van der Waals surface area contributed by atoms with E-state index in [1.165, 1.54) is 14.2 Å². The second-order valence-electron chi connectivity index (χ2n) is 6.42. The van der Waals surface area contributed by atoms with Gasteiger partial charge in [-0.3, -0.25) is 9.98 Å². The second-order valence-corrected chi connectivity index (χ2v) is 6.42. The molecule has 0 saturated heterocycles. The molecule has 1 fully saturated rings. The fourth-order valence-corrected chi connectivity index (χ4v) is 3.24. The van der Waals surface area contributed by atoms with Crippen molar-refractivity contribution in [2.24, 2.45) is 9.98 Å². The lowest BCUT2D eigenvalue weighted by atomic mass is 10.1. The summed E-state index contributed by atoms with van der Waals surface area (Å²) in [6.07, 6.45) is 6.28. The molecule has 0 unspecified atom stereocenters. The Morgan fingerprint density at radius 2 is 1.26 bits per heavy atom. The van der Waals surface area contributed by atoms with Gasteiger partial charge in [-0.15, -0.1) is 0 Å². The Kier molecular flexibility index (Phi) is 5.96. The van der Waals surface area contributed by atoms with Gasteiger partial charge in [0.25, 0.3) is 0 Å². The van der Waals surface area contributed by atoms with E-state index in [1.54, 1.807) is 36.7 Å². The maximum Gasteiger partial charge on any atom is 0.166 e. The topological polar surface area (TPSA) is 83.6 Å². The average Bonchev–Trinajstić information content (AvgIpc) is 3.14. The Labute approximate surface area is 158 Å². The molecule has 142 valence electrons. The molecule has 3 rings (SSSR count). The summed E-state index contributed by atoms with van der Waals surface area (Å²) in [7, 11) is 3.04. The predicted molar refractivity (Wildman–Crippen MR) is 106 cm³/mol. The van der Waals surface area contributed by atoms with Gasteiger partial charge in [0.05, 0.1) is 26.3 Å². The zero-order chi connectivity index (χ0) is 19.2. The smallest absolute Gasteiger partial charge is 0.166 e. The molecule has 6 nitrogen and oxygen atoms in total. The van der Waals surface area contributed by atoms with Gasteiger partial charge in [0.15, 0.2) is 23.0 Å². The highest BCUT2D eigenvalue weighted by molar-refractivity contribution is 5.86. The molecule has 0 bridgehead atoms. The van der Waals surface area contributed by atoms with Crippen molar-refractivity contribution in [2.45, 2.75) is 31.3 Å². The molecular weight excluding hydrogens is 344 g/mol. The number of phenolic OH excluding ortho intramolecular Hbond substituents is 2. The number of ether oxygens (including phenoxy) is 2. The number of aromatic hydroxyl groups is 2. The Morgan fingerprint density at radius 1 is 0.815 bits per heavy atom. The van der Waals surface area contributed by atoms with E-state index in [0.717, 1.165) is 19.3 Å². The molecule has 0 aliphatic heterocycles. The molecule has 2 atom stereocenters. The summed E-state index contributed by atoms with van der Waals surface area (Å²) in [5, 5.41) is 20.4. The first-order valence-corrected chi connectivity index (χ1v) is 8.92. The van der Waals surface area contributed by atoms with Crippen LogP contribution in [0.5, 0.6) is 23.0 Å². The molecule has 2 N–H and O–H groups in total. The fourth-order valence-electron chi connectivity index (χ4n) is 3.24. The average molecular weight is 368 g/mol. The van der Waals surface area contributed by atoms with Crippen LogP contribution in [0.3, 0.4) is 0 Å². The molecule has 1 aliphatic rings. The van der Waals surface area contributed by atoms with Crippen LogP contribution in [0.15, 0.2) is 46.4 Å². The highest BCUT2D eigenvalue weighted by Gasteiger charge is 2.25. The van der Waals surface area contributed by atoms with Gasteiger partial charge in [0.1, 0.15) is 0 Å². The SMILES string of the molecule is COc1cccc(C=N[C@H]2CCC[C@H]2N=Cc2cccc(OC)c2O)c1O. The monoisotopic (exact) mass is 368 g/mol. The molecule has 0 amide bonds. The minimum absolute atomic E-state index is 0.0413. The number of hydrogen-bond acceptors (Lipinski definition) is 6. The van der Waals surface area contributed by atoms with Crippen LogP contribution in [0.25, 0.3) is 0 Å². The van der Waals surface area contributed by atoms with E-state index in [-0.39, 0.29) is 23.6 Å². The number of rotatable bonds is 6. The third kappa shape index (κ3) is 4.22. The van der Waals surface area contributed by atoms with Crippen molar-refractivity contribution in [3.05, 3.63) is 47.5 Å². The largest absolute Gasteiger partial charge is 0.504 e. The number of nitrogens with zero attached hydrogens (tertiary/aromatic N) is 2. The first-order chi connectivity index (χ1) is 13.1. The highest BCUT2D eigenvalue weighted by Crippen LogP contribution is 2.31. The predicted octanol–water partition coefficient (Wildman–Crippen LogP) is 3.57.